The molecule has 0 spiro atoms. The lowest BCUT2D eigenvalue weighted by atomic mass is 9.85. The Labute approximate surface area is 188 Å². The zero-order valence-corrected chi connectivity index (χ0v) is 18.9. The van der Waals surface area contributed by atoms with Crippen LogP contribution in [0.4, 0.5) is 0 Å². The van der Waals surface area contributed by atoms with Crippen LogP contribution < -0.4 is 16.2 Å². The summed E-state index contributed by atoms with van der Waals surface area (Å²) < 4.78 is 1.80. The summed E-state index contributed by atoms with van der Waals surface area (Å²) in [5.41, 5.74) is 1.02. The Morgan fingerprint density at radius 1 is 0.969 bits per heavy atom. The molecule has 2 aliphatic carbocycles. The van der Waals surface area contributed by atoms with E-state index in [9.17, 15) is 14.4 Å². The normalized spacial score (nSPS) is 26.2. The highest BCUT2D eigenvalue weighted by Gasteiger charge is 2.58. The van der Waals surface area contributed by atoms with E-state index >= 15 is 0 Å². The number of fused-ring (bicyclic) bond motifs is 5. The lowest BCUT2D eigenvalue weighted by Crippen LogP contribution is -2.40. The van der Waals surface area contributed by atoms with Crippen LogP contribution in [0.25, 0.3) is 0 Å². The molecule has 172 valence electrons. The van der Waals surface area contributed by atoms with Gasteiger partial charge < -0.3 is 15.2 Å². The van der Waals surface area contributed by atoms with Crippen LogP contribution in [-0.4, -0.2) is 53.9 Å². The number of hydrogen-bond acceptors (Lipinski definition) is 4. The van der Waals surface area contributed by atoms with Crippen molar-refractivity contribution in [3.63, 3.8) is 0 Å². The second kappa shape index (κ2) is 9.71. The first kappa shape index (κ1) is 22.3. The van der Waals surface area contributed by atoms with Gasteiger partial charge in [-0.15, -0.1) is 0 Å². The van der Waals surface area contributed by atoms with Crippen LogP contribution in [0, 0.1) is 30.6 Å². The fraction of sp³-hybridized carbons (Fsp3) is 0.583. The number of likely N-dealkylation sites (tertiary alicyclic amines) is 1. The third-order valence-corrected chi connectivity index (χ3v) is 7.01. The standard InChI is InChI=1S/C24H33N5O3/c1-16-7-5-8-19(30)28(16)13-4-3-11-26-24(25-2)27-12-6-14-29-22(31)20-17-9-10-18(15-17)21(20)23(29)32/h5,7-10,17-18,20-21H,3-4,6,11-15H2,1-2H3,(H2,25,26,27). The van der Waals surface area contributed by atoms with Crippen LogP contribution in [0.3, 0.4) is 0 Å². The number of allylic oxidation sites excluding steroid dienone is 2. The molecule has 8 heteroatoms. The SMILES string of the molecule is CN=C(NCCCCn1c(C)cccc1=O)NCCCN1C(=O)C2C3C=CC(C3)C2C1=O. The predicted octanol–water partition coefficient (Wildman–Crippen LogP) is 1.30. The van der Waals surface area contributed by atoms with Crippen molar-refractivity contribution in [3.05, 3.63) is 46.4 Å². The Morgan fingerprint density at radius 2 is 1.62 bits per heavy atom. The number of nitrogens with one attached hydrogen (secondary N) is 2. The Morgan fingerprint density at radius 3 is 2.25 bits per heavy atom. The van der Waals surface area contributed by atoms with Crippen LogP contribution in [0.15, 0.2) is 40.1 Å². The van der Waals surface area contributed by atoms with E-state index in [1.165, 1.54) is 4.90 Å². The monoisotopic (exact) mass is 439 g/mol. The maximum absolute atomic E-state index is 12.7. The van der Waals surface area contributed by atoms with Gasteiger partial charge in [-0.3, -0.25) is 24.3 Å². The van der Waals surface area contributed by atoms with Gasteiger partial charge in [-0.2, -0.15) is 0 Å². The lowest BCUT2D eigenvalue weighted by molar-refractivity contribution is -0.140. The molecule has 2 amide bonds. The Balaban J connectivity index is 1.13. The van der Waals surface area contributed by atoms with Crippen molar-refractivity contribution in [1.82, 2.24) is 20.1 Å². The molecule has 2 N–H and O–H groups in total. The molecule has 4 atom stereocenters. The third kappa shape index (κ3) is 4.36. The number of aryl methyl sites for hydroxylation is 1. The number of guanidine groups is 1. The number of amides is 2. The quantitative estimate of drug-likeness (QED) is 0.199. The van der Waals surface area contributed by atoms with Crippen molar-refractivity contribution in [2.45, 2.75) is 39.2 Å². The summed E-state index contributed by atoms with van der Waals surface area (Å²) in [6, 6.07) is 5.32. The van der Waals surface area contributed by atoms with Crippen LogP contribution in [0.2, 0.25) is 0 Å². The topological polar surface area (TPSA) is 95.8 Å². The molecule has 2 fully saturated rings. The van der Waals surface area contributed by atoms with Crippen molar-refractivity contribution in [3.8, 4) is 0 Å². The van der Waals surface area contributed by atoms with Crippen molar-refractivity contribution in [2.75, 3.05) is 26.7 Å². The van der Waals surface area contributed by atoms with E-state index in [1.807, 2.05) is 13.0 Å². The van der Waals surface area contributed by atoms with Gasteiger partial charge in [0, 0.05) is 45.0 Å². The number of rotatable bonds is 9. The van der Waals surface area contributed by atoms with Crippen molar-refractivity contribution in [2.24, 2.45) is 28.7 Å². The number of hydrogen-bond donors (Lipinski definition) is 2. The third-order valence-electron chi connectivity index (χ3n) is 7.01. The van der Waals surface area contributed by atoms with E-state index in [-0.39, 0.29) is 41.0 Å². The summed E-state index contributed by atoms with van der Waals surface area (Å²) >= 11 is 0. The summed E-state index contributed by atoms with van der Waals surface area (Å²) in [6.07, 6.45) is 7.71. The van der Waals surface area contributed by atoms with Gasteiger partial charge in [0.15, 0.2) is 5.96 Å². The molecule has 1 saturated carbocycles. The van der Waals surface area contributed by atoms with E-state index in [0.29, 0.717) is 32.0 Å². The maximum Gasteiger partial charge on any atom is 0.250 e. The maximum atomic E-state index is 12.7. The second-order valence-electron chi connectivity index (χ2n) is 8.97. The Kier molecular flexibility index (Phi) is 6.77. The number of aliphatic imine (C=N–C) groups is 1. The van der Waals surface area contributed by atoms with Gasteiger partial charge in [0.05, 0.1) is 11.8 Å². The molecule has 0 radical (unpaired) electrons. The molecular weight excluding hydrogens is 406 g/mol. The molecule has 1 aliphatic heterocycles. The van der Waals surface area contributed by atoms with E-state index in [0.717, 1.165) is 31.5 Å². The minimum absolute atomic E-state index is 0.0205. The second-order valence-corrected chi connectivity index (χ2v) is 8.97. The smallest absolute Gasteiger partial charge is 0.250 e. The molecule has 8 nitrogen and oxygen atoms in total. The minimum atomic E-state index is -0.115. The molecule has 3 aliphatic rings. The van der Waals surface area contributed by atoms with Crippen molar-refractivity contribution in [1.29, 1.82) is 0 Å². The first-order valence-corrected chi connectivity index (χ1v) is 11.7. The largest absolute Gasteiger partial charge is 0.356 e. The molecule has 1 saturated heterocycles. The molecule has 4 unspecified atom stereocenters. The number of pyridine rings is 1. The van der Waals surface area contributed by atoms with Gasteiger partial charge in [-0.1, -0.05) is 18.2 Å². The van der Waals surface area contributed by atoms with Gasteiger partial charge in [-0.05, 0) is 50.5 Å². The molecule has 1 aromatic heterocycles. The number of aromatic nitrogens is 1. The van der Waals surface area contributed by atoms with Gasteiger partial charge in [0.2, 0.25) is 11.8 Å². The van der Waals surface area contributed by atoms with Gasteiger partial charge >= 0.3 is 0 Å². The predicted molar refractivity (Wildman–Crippen MR) is 123 cm³/mol. The van der Waals surface area contributed by atoms with E-state index in [2.05, 4.69) is 27.8 Å². The van der Waals surface area contributed by atoms with E-state index < -0.39 is 0 Å². The van der Waals surface area contributed by atoms with E-state index in [1.54, 1.807) is 23.7 Å². The highest BCUT2D eigenvalue weighted by atomic mass is 16.2. The average Bonchev–Trinajstić information content (AvgIpc) is 3.46. The zero-order chi connectivity index (χ0) is 22.7. The van der Waals surface area contributed by atoms with Crippen molar-refractivity contribution < 1.29 is 9.59 Å². The fourth-order valence-corrected chi connectivity index (χ4v) is 5.36. The number of carbonyl (C=O) groups is 2. The Hall–Kier alpha value is -2.90. The molecule has 32 heavy (non-hydrogen) atoms. The molecule has 2 bridgehead atoms. The zero-order valence-electron chi connectivity index (χ0n) is 18.9. The average molecular weight is 440 g/mol. The highest BCUT2D eigenvalue weighted by Crippen LogP contribution is 2.52. The highest BCUT2D eigenvalue weighted by molar-refractivity contribution is 6.06. The van der Waals surface area contributed by atoms with Gasteiger partial charge in [0.25, 0.3) is 5.56 Å². The van der Waals surface area contributed by atoms with Crippen LogP contribution in [0.5, 0.6) is 0 Å². The van der Waals surface area contributed by atoms with Crippen LogP contribution >= 0.6 is 0 Å². The van der Waals surface area contributed by atoms with Crippen molar-refractivity contribution >= 4 is 17.8 Å². The molecular formula is C24H33N5O3. The minimum Gasteiger partial charge on any atom is -0.356 e. The first-order chi connectivity index (χ1) is 15.5. The van der Waals surface area contributed by atoms with Gasteiger partial charge in [0.1, 0.15) is 0 Å². The Bertz CT molecular complexity index is 952. The fourth-order valence-electron chi connectivity index (χ4n) is 5.36. The first-order valence-electron chi connectivity index (χ1n) is 11.7. The molecule has 4 rings (SSSR count). The van der Waals surface area contributed by atoms with Crippen LogP contribution in [0.1, 0.15) is 31.4 Å². The summed E-state index contributed by atoms with van der Waals surface area (Å²) in [4.78, 5) is 43.0. The summed E-state index contributed by atoms with van der Waals surface area (Å²) in [7, 11) is 1.72. The number of imide groups is 1. The summed E-state index contributed by atoms with van der Waals surface area (Å²) in [6.45, 7) is 4.50. The number of carbonyl (C=O) groups excluding carboxylic acids is 2. The molecule has 0 aromatic carbocycles. The van der Waals surface area contributed by atoms with Gasteiger partial charge in [-0.25, -0.2) is 0 Å². The lowest BCUT2D eigenvalue weighted by Gasteiger charge is -2.18. The number of unbranched alkanes of at least 4 members (excludes halogenated alkanes) is 1. The number of nitrogens with zero attached hydrogens (tertiary/aromatic N) is 3. The van der Waals surface area contributed by atoms with E-state index in [4.69, 9.17) is 0 Å². The summed E-state index contributed by atoms with van der Waals surface area (Å²) in [5.74, 6) is 1.04. The summed E-state index contributed by atoms with van der Waals surface area (Å²) in [5, 5.41) is 6.53. The van der Waals surface area contributed by atoms with Crippen LogP contribution in [-0.2, 0) is 16.1 Å². The molecule has 2 heterocycles. The molecule has 1 aromatic rings.